The minimum Gasteiger partial charge on any atom is -0.497 e. The molecule has 0 atom stereocenters. The topological polar surface area (TPSA) is 89.0 Å². The van der Waals surface area contributed by atoms with Crippen molar-refractivity contribution in [3.63, 3.8) is 0 Å². The molecule has 0 saturated heterocycles. The van der Waals surface area contributed by atoms with E-state index in [-0.39, 0.29) is 24.7 Å². The Morgan fingerprint density at radius 3 is 2.50 bits per heavy atom. The summed E-state index contributed by atoms with van der Waals surface area (Å²) >= 11 is 0. The van der Waals surface area contributed by atoms with E-state index in [0.29, 0.717) is 17.1 Å². The van der Waals surface area contributed by atoms with Crippen molar-refractivity contribution in [2.45, 2.75) is 12.8 Å². The zero-order valence-corrected chi connectivity index (χ0v) is 16.8. The van der Waals surface area contributed by atoms with E-state index in [9.17, 15) is 9.59 Å². The maximum Gasteiger partial charge on any atom is 0.240 e. The van der Waals surface area contributed by atoms with Gasteiger partial charge in [-0.2, -0.15) is 5.10 Å². The van der Waals surface area contributed by atoms with Crippen LogP contribution in [0.25, 0.3) is 10.8 Å². The molecule has 154 valence electrons. The van der Waals surface area contributed by atoms with Crippen molar-refractivity contribution in [1.29, 1.82) is 0 Å². The number of nitrogens with zero attached hydrogens (tertiary/aromatic N) is 1. The average molecular weight is 405 g/mol. The molecule has 0 unspecified atom stereocenters. The minimum absolute atomic E-state index is 0.0215. The van der Waals surface area contributed by atoms with Gasteiger partial charge in [0, 0.05) is 35.5 Å². The molecule has 0 aliphatic heterocycles. The molecule has 0 fully saturated rings. The quantitative estimate of drug-likeness (QED) is 0.441. The molecule has 3 aromatic rings. The van der Waals surface area contributed by atoms with Gasteiger partial charge in [0.05, 0.1) is 20.4 Å². The van der Waals surface area contributed by atoms with Gasteiger partial charge in [-0.1, -0.05) is 36.4 Å². The summed E-state index contributed by atoms with van der Waals surface area (Å²) in [6, 6.07) is 18.7. The van der Waals surface area contributed by atoms with E-state index in [0.717, 1.165) is 16.5 Å². The molecule has 0 heterocycles. The van der Waals surface area contributed by atoms with E-state index in [1.54, 1.807) is 32.4 Å². The lowest BCUT2D eigenvalue weighted by Crippen LogP contribution is -2.20. The van der Waals surface area contributed by atoms with Gasteiger partial charge < -0.3 is 14.8 Å². The summed E-state index contributed by atoms with van der Waals surface area (Å²) in [5.41, 5.74) is 3.84. The van der Waals surface area contributed by atoms with Crippen LogP contribution in [0.2, 0.25) is 0 Å². The van der Waals surface area contributed by atoms with Crippen molar-refractivity contribution < 1.29 is 19.1 Å². The van der Waals surface area contributed by atoms with Crippen LogP contribution in [0.3, 0.4) is 0 Å². The molecular formula is C23H23N3O4. The molecule has 2 N–H and O–H groups in total. The summed E-state index contributed by atoms with van der Waals surface area (Å²) in [4.78, 5) is 24.2. The molecule has 0 radical (unpaired) electrons. The first-order valence-corrected chi connectivity index (χ1v) is 9.42. The SMILES string of the molecule is COc1ccc(C=NNC(=O)CCC(=O)Nc2cccc3ccccc23)c(OC)c1. The Hall–Kier alpha value is -3.87. The second-order valence-electron chi connectivity index (χ2n) is 6.48. The number of amides is 2. The largest absolute Gasteiger partial charge is 0.497 e. The molecule has 30 heavy (non-hydrogen) atoms. The number of ether oxygens (including phenoxy) is 2. The molecule has 0 bridgehead atoms. The highest BCUT2D eigenvalue weighted by Gasteiger charge is 2.09. The zero-order chi connectivity index (χ0) is 21.3. The second-order valence-corrected chi connectivity index (χ2v) is 6.48. The van der Waals surface area contributed by atoms with Crippen molar-refractivity contribution in [3.05, 3.63) is 66.2 Å². The van der Waals surface area contributed by atoms with Crippen LogP contribution < -0.4 is 20.2 Å². The smallest absolute Gasteiger partial charge is 0.240 e. The maximum absolute atomic E-state index is 12.2. The fraction of sp³-hybridized carbons (Fsp3) is 0.174. The number of hydrazone groups is 1. The second kappa shape index (κ2) is 10.1. The Labute approximate surface area is 174 Å². The molecule has 0 saturated carbocycles. The molecule has 0 spiro atoms. The lowest BCUT2D eigenvalue weighted by Gasteiger charge is -2.08. The highest BCUT2D eigenvalue weighted by Crippen LogP contribution is 2.24. The third-order valence-electron chi connectivity index (χ3n) is 4.48. The number of carbonyl (C=O) groups excluding carboxylic acids is 2. The zero-order valence-electron chi connectivity index (χ0n) is 16.8. The Bertz CT molecular complexity index is 1070. The molecule has 3 rings (SSSR count). The van der Waals surface area contributed by atoms with Gasteiger partial charge in [-0.15, -0.1) is 0 Å². The molecule has 7 heteroatoms. The van der Waals surface area contributed by atoms with E-state index in [1.807, 2.05) is 42.5 Å². The van der Waals surface area contributed by atoms with Gasteiger partial charge in [-0.05, 0) is 23.6 Å². The Morgan fingerprint density at radius 1 is 0.933 bits per heavy atom. The first-order valence-electron chi connectivity index (χ1n) is 9.42. The number of rotatable bonds is 8. The van der Waals surface area contributed by atoms with Crippen LogP contribution >= 0.6 is 0 Å². The van der Waals surface area contributed by atoms with Crippen LogP contribution in [0.4, 0.5) is 5.69 Å². The number of hydrogen-bond acceptors (Lipinski definition) is 5. The van der Waals surface area contributed by atoms with Gasteiger partial charge in [0.25, 0.3) is 0 Å². The van der Waals surface area contributed by atoms with Crippen molar-refractivity contribution in [3.8, 4) is 11.5 Å². The predicted octanol–water partition coefficient (Wildman–Crippen LogP) is 3.73. The fourth-order valence-electron chi connectivity index (χ4n) is 2.93. The summed E-state index contributed by atoms with van der Waals surface area (Å²) in [7, 11) is 3.11. The highest BCUT2D eigenvalue weighted by atomic mass is 16.5. The van der Waals surface area contributed by atoms with Crippen molar-refractivity contribution in [2.24, 2.45) is 5.10 Å². The lowest BCUT2D eigenvalue weighted by atomic mass is 10.1. The van der Waals surface area contributed by atoms with Crippen LogP contribution in [-0.4, -0.2) is 32.2 Å². The Morgan fingerprint density at radius 2 is 1.70 bits per heavy atom. The molecule has 0 aromatic heterocycles. The van der Waals surface area contributed by atoms with Crippen molar-refractivity contribution >= 4 is 34.5 Å². The van der Waals surface area contributed by atoms with Crippen molar-refractivity contribution in [1.82, 2.24) is 5.43 Å². The van der Waals surface area contributed by atoms with Crippen LogP contribution in [-0.2, 0) is 9.59 Å². The lowest BCUT2D eigenvalue weighted by molar-refractivity contribution is -0.124. The van der Waals surface area contributed by atoms with Crippen LogP contribution in [0.15, 0.2) is 65.8 Å². The monoisotopic (exact) mass is 405 g/mol. The summed E-state index contributed by atoms with van der Waals surface area (Å²) < 4.78 is 10.4. The molecule has 7 nitrogen and oxygen atoms in total. The third-order valence-corrected chi connectivity index (χ3v) is 4.48. The average Bonchev–Trinajstić information content (AvgIpc) is 2.78. The summed E-state index contributed by atoms with van der Waals surface area (Å²) in [6.45, 7) is 0. The number of methoxy groups -OCH3 is 2. The molecule has 0 aliphatic carbocycles. The normalized spacial score (nSPS) is 10.7. The maximum atomic E-state index is 12.2. The van der Waals surface area contributed by atoms with Gasteiger partial charge in [-0.25, -0.2) is 5.43 Å². The van der Waals surface area contributed by atoms with E-state index in [4.69, 9.17) is 9.47 Å². The summed E-state index contributed by atoms with van der Waals surface area (Å²) in [5.74, 6) is 0.640. The molecule has 0 aliphatic rings. The van der Waals surface area contributed by atoms with E-state index >= 15 is 0 Å². The summed E-state index contributed by atoms with van der Waals surface area (Å²) in [5, 5.41) is 8.79. The minimum atomic E-state index is -0.355. The fourth-order valence-corrected chi connectivity index (χ4v) is 2.93. The highest BCUT2D eigenvalue weighted by molar-refractivity contribution is 6.02. The predicted molar refractivity (Wildman–Crippen MR) is 117 cm³/mol. The van der Waals surface area contributed by atoms with Gasteiger partial charge in [0.2, 0.25) is 11.8 Å². The van der Waals surface area contributed by atoms with E-state index < -0.39 is 0 Å². The number of hydrogen-bond donors (Lipinski definition) is 2. The standard InChI is InChI=1S/C23H23N3O4/c1-29-18-11-10-17(21(14-18)30-2)15-24-26-23(28)13-12-22(27)25-20-9-5-7-16-6-3-4-8-19(16)20/h3-11,14-15H,12-13H2,1-2H3,(H,25,27)(H,26,28). The van der Waals surface area contributed by atoms with Crippen molar-refractivity contribution in [2.75, 3.05) is 19.5 Å². The first-order chi connectivity index (χ1) is 14.6. The van der Waals surface area contributed by atoms with Crippen LogP contribution in [0.5, 0.6) is 11.5 Å². The van der Waals surface area contributed by atoms with Gasteiger partial charge in [-0.3, -0.25) is 9.59 Å². The van der Waals surface area contributed by atoms with Gasteiger partial charge >= 0.3 is 0 Å². The van der Waals surface area contributed by atoms with Gasteiger partial charge in [0.15, 0.2) is 0 Å². The Kier molecular flexibility index (Phi) is 7.00. The summed E-state index contributed by atoms with van der Waals surface area (Å²) in [6.07, 6.45) is 1.55. The number of carbonyl (C=O) groups is 2. The third kappa shape index (κ3) is 5.35. The molecule has 2 amide bonds. The molecule has 3 aromatic carbocycles. The Balaban J connectivity index is 1.51. The number of anilines is 1. The molecular weight excluding hydrogens is 382 g/mol. The van der Waals surface area contributed by atoms with Crippen LogP contribution in [0.1, 0.15) is 18.4 Å². The number of fused-ring (bicyclic) bond motifs is 1. The number of benzene rings is 3. The first kappa shape index (κ1) is 20.9. The number of nitrogens with one attached hydrogen (secondary N) is 2. The van der Waals surface area contributed by atoms with Crippen LogP contribution in [0, 0.1) is 0 Å². The van der Waals surface area contributed by atoms with Gasteiger partial charge in [0.1, 0.15) is 11.5 Å². The van der Waals surface area contributed by atoms with E-state index in [2.05, 4.69) is 15.8 Å². The van der Waals surface area contributed by atoms with E-state index in [1.165, 1.54) is 6.21 Å².